The molecule has 0 aliphatic rings. The van der Waals surface area contributed by atoms with Crippen LogP contribution in [0.4, 0.5) is 14.5 Å². The summed E-state index contributed by atoms with van der Waals surface area (Å²) in [6, 6.07) is 5.95. The zero-order valence-electron chi connectivity index (χ0n) is 9.67. The highest BCUT2D eigenvalue weighted by Crippen LogP contribution is 2.17. The predicted molar refractivity (Wildman–Crippen MR) is 61.6 cm³/mol. The van der Waals surface area contributed by atoms with E-state index < -0.39 is 11.6 Å². The van der Waals surface area contributed by atoms with Gasteiger partial charge in [0.15, 0.2) is 11.6 Å². The minimum Gasteiger partial charge on any atom is -0.377 e. The highest BCUT2D eigenvalue weighted by atomic mass is 19.2. The summed E-state index contributed by atoms with van der Waals surface area (Å²) >= 11 is 0. The summed E-state index contributed by atoms with van der Waals surface area (Å²) in [6.07, 6.45) is 0. The van der Waals surface area contributed by atoms with Gasteiger partial charge in [0.05, 0.1) is 23.6 Å². The number of hydrogen-bond acceptors (Lipinski definition) is 2. The molecule has 1 aromatic carbocycles. The summed E-state index contributed by atoms with van der Waals surface area (Å²) in [5.74, 6) is -1.71. The van der Waals surface area contributed by atoms with Crippen LogP contribution in [0.25, 0.3) is 0 Å². The van der Waals surface area contributed by atoms with Crippen molar-refractivity contribution in [1.29, 1.82) is 0 Å². The number of rotatable bonds is 3. The molecule has 1 N–H and O–H groups in total. The molecule has 17 heavy (non-hydrogen) atoms. The Hall–Kier alpha value is -1.91. The lowest BCUT2D eigenvalue weighted by Crippen LogP contribution is -2.07. The van der Waals surface area contributed by atoms with Crippen molar-refractivity contribution in [2.75, 3.05) is 5.32 Å². The third kappa shape index (κ3) is 2.43. The van der Waals surface area contributed by atoms with E-state index >= 15 is 0 Å². The molecule has 1 aromatic heterocycles. The van der Waals surface area contributed by atoms with E-state index in [1.165, 1.54) is 12.1 Å². The molecular formula is C12H13F2N3. The Labute approximate surface area is 98.1 Å². The zero-order valence-corrected chi connectivity index (χ0v) is 9.67. The number of aryl methyl sites for hydroxylation is 2. The fourth-order valence-corrected chi connectivity index (χ4v) is 1.66. The largest absolute Gasteiger partial charge is 0.377 e. The van der Waals surface area contributed by atoms with Gasteiger partial charge in [0.25, 0.3) is 0 Å². The van der Waals surface area contributed by atoms with E-state index in [0.29, 0.717) is 6.54 Å². The number of benzene rings is 1. The van der Waals surface area contributed by atoms with Crippen molar-refractivity contribution in [3.63, 3.8) is 0 Å². The summed E-state index contributed by atoms with van der Waals surface area (Å²) in [5.41, 5.74) is 1.96. The first-order valence-electron chi connectivity index (χ1n) is 5.25. The third-order valence-corrected chi connectivity index (χ3v) is 2.51. The molecular weight excluding hydrogens is 224 g/mol. The van der Waals surface area contributed by atoms with E-state index in [0.717, 1.165) is 17.5 Å². The number of halogens is 2. The lowest BCUT2D eigenvalue weighted by molar-refractivity contribution is 0.510. The normalized spacial score (nSPS) is 10.6. The first-order valence-corrected chi connectivity index (χ1v) is 5.25. The summed E-state index contributed by atoms with van der Waals surface area (Å²) < 4.78 is 28.0. The Morgan fingerprint density at radius 3 is 2.76 bits per heavy atom. The fourth-order valence-electron chi connectivity index (χ4n) is 1.66. The topological polar surface area (TPSA) is 29.9 Å². The SMILES string of the molecule is Cc1cc(CNc2cccc(F)c2F)n(C)n1. The van der Waals surface area contributed by atoms with Crippen LogP contribution in [0.1, 0.15) is 11.4 Å². The average Bonchev–Trinajstić information content (AvgIpc) is 2.60. The van der Waals surface area contributed by atoms with Crippen molar-refractivity contribution in [3.8, 4) is 0 Å². The van der Waals surface area contributed by atoms with Crippen LogP contribution in [0, 0.1) is 18.6 Å². The summed E-state index contributed by atoms with van der Waals surface area (Å²) in [5, 5.41) is 7.02. The molecule has 5 heteroatoms. The van der Waals surface area contributed by atoms with Gasteiger partial charge in [-0.25, -0.2) is 8.78 Å². The second-order valence-corrected chi connectivity index (χ2v) is 3.86. The van der Waals surface area contributed by atoms with E-state index in [9.17, 15) is 8.78 Å². The van der Waals surface area contributed by atoms with Gasteiger partial charge >= 0.3 is 0 Å². The van der Waals surface area contributed by atoms with Crippen LogP contribution in [0.5, 0.6) is 0 Å². The maximum Gasteiger partial charge on any atom is 0.181 e. The lowest BCUT2D eigenvalue weighted by atomic mass is 10.3. The van der Waals surface area contributed by atoms with Crippen molar-refractivity contribution in [1.82, 2.24) is 9.78 Å². The molecule has 0 radical (unpaired) electrons. The minimum atomic E-state index is -0.855. The van der Waals surface area contributed by atoms with Gasteiger partial charge in [0.1, 0.15) is 0 Å². The molecule has 0 saturated heterocycles. The first kappa shape index (κ1) is 11.6. The van der Waals surface area contributed by atoms with Crippen LogP contribution in [0.2, 0.25) is 0 Å². The number of nitrogens with one attached hydrogen (secondary N) is 1. The Morgan fingerprint density at radius 1 is 1.35 bits per heavy atom. The second-order valence-electron chi connectivity index (χ2n) is 3.86. The van der Waals surface area contributed by atoms with E-state index in [4.69, 9.17) is 0 Å². The third-order valence-electron chi connectivity index (χ3n) is 2.51. The van der Waals surface area contributed by atoms with Crippen LogP contribution in [0.15, 0.2) is 24.3 Å². The molecule has 90 valence electrons. The van der Waals surface area contributed by atoms with Gasteiger partial charge in [0.2, 0.25) is 0 Å². The van der Waals surface area contributed by atoms with Crippen molar-refractivity contribution in [2.24, 2.45) is 7.05 Å². The maximum atomic E-state index is 13.4. The number of nitrogens with zero attached hydrogens (tertiary/aromatic N) is 2. The van der Waals surface area contributed by atoms with Gasteiger partial charge in [0, 0.05) is 7.05 Å². The highest BCUT2D eigenvalue weighted by molar-refractivity contribution is 5.45. The van der Waals surface area contributed by atoms with E-state index in [1.807, 2.05) is 20.0 Å². The summed E-state index contributed by atoms with van der Waals surface area (Å²) in [6.45, 7) is 2.28. The molecule has 0 fully saturated rings. The number of hydrogen-bond donors (Lipinski definition) is 1. The molecule has 0 saturated carbocycles. The molecule has 0 unspecified atom stereocenters. The van der Waals surface area contributed by atoms with Gasteiger partial charge in [-0.2, -0.15) is 5.10 Å². The van der Waals surface area contributed by atoms with Gasteiger partial charge in [-0.05, 0) is 25.1 Å². The zero-order chi connectivity index (χ0) is 12.4. The molecule has 0 spiro atoms. The fraction of sp³-hybridized carbons (Fsp3) is 0.250. The molecule has 3 nitrogen and oxygen atoms in total. The Bertz CT molecular complexity index is 535. The molecule has 0 aliphatic carbocycles. The highest BCUT2D eigenvalue weighted by Gasteiger charge is 2.08. The van der Waals surface area contributed by atoms with E-state index in [1.54, 1.807) is 4.68 Å². The first-order chi connectivity index (χ1) is 8.08. The molecule has 1 heterocycles. The summed E-state index contributed by atoms with van der Waals surface area (Å²) in [4.78, 5) is 0. The standard InChI is InChI=1S/C12H13F2N3/c1-8-6-9(17(2)16-8)7-15-11-5-3-4-10(13)12(11)14/h3-6,15H,7H2,1-2H3. The molecule has 0 bridgehead atoms. The average molecular weight is 237 g/mol. The van der Waals surface area contributed by atoms with Gasteiger partial charge in [-0.1, -0.05) is 6.07 Å². The molecule has 0 amide bonds. The van der Waals surface area contributed by atoms with E-state index in [2.05, 4.69) is 10.4 Å². The van der Waals surface area contributed by atoms with Crippen LogP contribution in [-0.2, 0) is 13.6 Å². The number of anilines is 1. The van der Waals surface area contributed by atoms with Crippen LogP contribution in [0.3, 0.4) is 0 Å². The van der Waals surface area contributed by atoms with Crippen LogP contribution < -0.4 is 5.32 Å². The monoisotopic (exact) mass is 237 g/mol. The van der Waals surface area contributed by atoms with Gasteiger partial charge in [-0.15, -0.1) is 0 Å². The second kappa shape index (κ2) is 4.53. The van der Waals surface area contributed by atoms with Crippen molar-refractivity contribution in [3.05, 3.63) is 47.3 Å². The molecule has 0 aliphatic heterocycles. The van der Waals surface area contributed by atoms with Crippen LogP contribution in [-0.4, -0.2) is 9.78 Å². The van der Waals surface area contributed by atoms with Crippen molar-refractivity contribution in [2.45, 2.75) is 13.5 Å². The predicted octanol–water partition coefficient (Wildman–Crippen LogP) is 2.62. The van der Waals surface area contributed by atoms with Crippen molar-refractivity contribution < 1.29 is 8.78 Å². The minimum absolute atomic E-state index is 0.156. The van der Waals surface area contributed by atoms with Crippen molar-refractivity contribution >= 4 is 5.69 Å². The Kier molecular flexibility index (Phi) is 3.08. The molecule has 2 aromatic rings. The van der Waals surface area contributed by atoms with Gasteiger partial charge in [-0.3, -0.25) is 4.68 Å². The molecule has 2 rings (SSSR count). The maximum absolute atomic E-state index is 13.4. The Balaban J connectivity index is 2.12. The van der Waals surface area contributed by atoms with E-state index in [-0.39, 0.29) is 5.69 Å². The lowest BCUT2D eigenvalue weighted by Gasteiger charge is -2.07. The quantitative estimate of drug-likeness (QED) is 0.889. The summed E-state index contributed by atoms with van der Waals surface area (Å²) in [7, 11) is 1.81. The van der Waals surface area contributed by atoms with Gasteiger partial charge < -0.3 is 5.32 Å². The van der Waals surface area contributed by atoms with Crippen LogP contribution >= 0.6 is 0 Å². The molecule has 0 atom stereocenters. The Morgan fingerprint density at radius 2 is 2.12 bits per heavy atom. The smallest absolute Gasteiger partial charge is 0.181 e. The number of aromatic nitrogens is 2.